The first kappa shape index (κ1) is 12.2. The van der Waals surface area contributed by atoms with Crippen LogP contribution in [0.1, 0.15) is 63.0 Å². The molecule has 1 aliphatic heterocycles. The van der Waals surface area contributed by atoms with Crippen LogP contribution in [0.3, 0.4) is 0 Å². The minimum atomic E-state index is 0.697. The quantitative estimate of drug-likeness (QED) is 0.736. The van der Waals surface area contributed by atoms with E-state index in [1.165, 1.54) is 57.9 Å². The van der Waals surface area contributed by atoms with Crippen LogP contribution < -0.4 is 0 Å². The van der Waals surface area contributed by atoms with E-state index in [2.05, 4.69) is 35.2 Å². The minimum Gasteiger partial charge on any atom is -0.293 e. The average molecular weight is 243 g/mol. The standard InChI is InChI=1S/C17H25N/c1-3-9-15(10-4-1)17-13-7-8-14-18(17)16-11-5-2-6-12-16/h1,3-4,9-10,16-17H,2,5-8,11-14H2. The van der Waals surface area contributed by atoms with Crippen molar-refractivity contribution in [3.8, 4) is 0 Å². The van der Waals surface area contributed by atoms with Crippen molar-refractivity contribution in [3.63, 3.8) is 0 Å². The van der Waals surface area contributed by atoms with Gasteiger partial charge >= 0.3 is 0 Å². The molecule has 1 saturated heterocycles. The average Bonchev–Trinajstić information content (AvgIpc) is 2.49. The van der Waals surface area contributed by atoms with Crippen molar-refractivity contribution in [2.75, 3.05) is 6.54 Å². The molecule has 1 heterocycles. The van der Waals surface area contributed by atoms with Gasteiger partial charge in [0, 0.05) is 12.1 Å². The summed E-state index contributed by atoms with van der Waals surface area (Å²) in [7, 11) is 0. The first-order valence-corrected chi connectivity index (χ1v) is 7.76. The van der Waals surface area contributed by atoms with Gasteiger partial charge in [0.25, 0.3) is 0 Å². The monoisotopic (exact) mass is 243 g/mol. The summed E-state index contributed by atoms with van der Waals surface area (Å²) < 4.78 is 0. The molecule has 1 nitrogen and oxygen atoms in total. The summed E-state index contributed by atoms with van der Waals surface area (Å²) in [6, 6.07) is 12.7. The van der Waals surface area contributed by atoms with E-state index in [4.69, 9.17) is 0 Å². The zero-order valence-corrected chi connectivity index (χ0v) is 11.4. The molecule has 98 valence electrons. The Balaban J connectivity index is 1.77. The van der Waals surface area contributed by atoms with Crippen LogP contribution in [0, 0.1) is 0 Å². The molecule has 0 radical (unpaired) electrons. The maximum absolute atomic E-state index is 2.83. The Morgan fingerprint density at radius 3 is 2.28 bits per heavy atom. The maximum Gasteiger partial charge on any atom is 0.0351 e. The molecule has 3 rings (SSSR count). The SMILES string of the molecule is c1ccc(C2CCCCN2C2CCCCC2)cc1. The van der Waals surface area contributed by atoms with Gasteiger partial charge in [0.15, 0.2) is 0 Å². The van der Waals surface area contributed by atoms with Gasteiger partial charge in [0.2, 0.25) is 0 Å². The Labute approximate surface area is 111 Å². The highest BCUT2D eigenvalue weighted by Gasteiger charge is 2.30. The van der Waals surface area contributed by atoms with Gasteiger partial charge in [-0.15, -0.1) is 0 Å². The van der Waals surface area contributed by atoms with E-state index in [-0.39, 0.29) is 0 Å². The first-order valence-electron chi connectivity index (χ1n) is 7.76. The summed E-state index contributed by atoms with van der Waals surface area (Å²) >= 11 is 0. The third-order valence-corrected chi connectivity index (χ3v) is 4.77. The summed E-state index contributed by atoms with van der Waals surface area (Å²) in [5.41, 5.74) is 1.54. The van der Waals surface area contributed by atoms with E-state index in [9.17, 15) is 0 Å². The summed E-state index contributed by atoms with van der Waals surface area (Å²) in [4.78, 5) is 2.83. The van der Waals surface area contributed by atoms with Crippen molar-refractivity contribution in [2.24, 2.45) is 0 Å². The van der Waals surface area contributed by atoms with Gasteiger partial charge in [-0.3, -0.25) is 4.90 Å². The van der Waals surface area contributed by atoms with Gasteiger partial charge in [-0.25, -0.2) is 0 Å². The number of hydrogen-bond acceptors (Lipinski definition) is 1. The van der Waals surface area contributed by atoms with E-state index >= 15 is 0 Å². The van der Waals surface area contributed by atoms with Crippen LogP contribution in [0.5, 0.6) is 0 Å². The number of nitrogens with zero attached hydrogens (tertiary/aromatic N) is 1. The zero-order valence-electron chi connectivity index (χ0n) is 11.4. The van der Waals surface area contributed by atoms with Gasteiger partial charge in [0.1, 0.15) is 0 Å². The lowest BCUT2D eigenvalue weighted by Crippen LogP contribution is -2.42. The molecule has 1 saturated carbocycles. The molecule has 1 aromatic rings. The van der Waals surface area contributed by atoms with E-state index in [0.717, 1.165) is 6.04 Å². The topological polar surface area (TPSA) is 3.24 Å². The molecule has 2 fully saturated rings. The fourth-order valence-corrected chi connectivity index (χ4v) is 3.84. The van der Waals surface area contributed by atoms with Crippen LogP contribution >= 0.6 is 0 Å². The Kier molecular flexibility index (Phi) is 3.99. The highest BCUT2D eigenvalue weighted by atomic mass is 15.2. The van der Waals surface area contributed by atoms with E-state index in [1.807, 2.05) is 0 Å². The Morgan fingerprint density at radius 2 is 1.50 bits per heavy atom. The molecule has 0 amide bonds. The fraction of sp³-hybridized carbons (Fsp3) is 0.647. The van der Waals surface area contributed by atoms with Crippen molar-refractivity contribution < 1.29 is 0 Å². The lowest BCUT2D eigenvalue weighted by atomic mass is 9.88. The molecule has 0 spiro atoms. The molecule has 1 heteroatoms. The molecular formula is C17H25N. The summed E-state index contributed by atoms with van der Waals surface area (Å²) in [5.74, 6) is 0. The van der Waals surface area contributed by atoms with Crippen LogP contribution in [0.15, 0.2) is 30.3 Å². The van der Waals surface area contributed by atoms with E-state index in [1.54, 1.807) is 5.56 Å². The van der Waals surface area contributed by atoms with Crippen molar-refractivity contribution in [1.29, 1.82) is 0 Å². The highest BCUT2D eigenvalue weighted by Crippen LogP contribution is 2.36. The van der Waals surface area contributed by atoms with Crippen molar-refractivity contribution >= 4 is 0 Å². The number of likely N-dealkylation sites (tertiary alicyclic amines) is 1. The van der Waals surface area contributed by atoms with Crippen LogP contribution in [0.25, 0.3) is 0 Å². The molecule has 1 aliphatic carbocycles. The molecule has 0 N–H and O–H groups in total. The second-order valence-electron chi connectivity index (χ2n) is 5.95. The van der Waals surface area contributed by atoms with E-state index < -0.39 is 0 Å². The number of benzene rings is 1. The Morgan fingerprint density at radius 1 is 0.778 bits per heavy atom. The molecule has 0 bridgehead atoms. The summed E-state index contributed by atoms with van der Waals surface area (Å²) in [6.45, 7) is 1.32. The van der Waals surface area contributed by atoms with Gasteiger partial charge < -0.3 is 0 Å². The number of piperidine rings is 1. The molecule has 1 aromatic carbocycles. The van der Waals surface area contributed by atoms with Gasteiger partial charge in [-0.05, 0) is 37.8 Å². The van der Waals surface area contributed by atoms with E-state index in [0.29, 0.717) is 6.04 Å². The highest BCUT2D eigenvalue weighted by molar-refractivity contribution is 5.19. The molecule has 2 aliphatic rings. The summed E-state index contributed by atoms with van der Waals surface area (Å²) in [6.07, 6.45) is 11.4. The van der Waals surface area contributed by atoms with Crippen LogP contribution in [-0.2, 0) is 0 Å². The van der Waals surface area contributed by atoms with Crippen molar-refractivity contribution in [1.82, 2.24) is 4.90 Å². The minimum absolute atomic E-state index is 0.697. The number of hydrogen-bond donors (Lipinski definition) is 0. The zero-order chi connectivity index (χ0) is 12.2. The second-order valence-corrected chi connectivity index (χ2v) is 5.95. The molecule has 18 heavy (non-hydrogen) atoms. The van der Waals surface area contributed by atoms with Crippen LogP contribution in [0.2, 0.25) is 0 Å². The second kappa shape index (κ2) is 5.88. The lowest BCUT2D eigenvalue weighted by molar-refractivity contribution is 0.0722. The normalized spacial score (nSPS) is 27.2. The fourth-order valence-electron chi connectivity index (χ4n) is 3.84. The number of rotatable bonds is 2. The lowest BCUT2D eigenvalue weighted by Gasteiger charge is -2.43. The third kappa shape index (κ3) is 2.61. The summed E-state index contributed by atoms with van der Waals surface area (Å²) in [5, 5.41) is 0. The molecule has 0 aromatic heterocycles. The smallest absolute Gasteiger partial charge is 0.0351 e. The predicted molar refractivity (Wildman–Crippen MR) is 76.6 cm³/mol. The van der Waals surface area contributed by atoms with Gasteiger partial charge in [-0.2, -0.15) is 0 Å². The first-order chi connectivity index (χ1) is 8.95. The molecule has 1 unspecified atom stereocenters. The molecular weight excluding hydrogens is 218 g/mol. The van der Waals surface area contributed by atoms with Crippen molar-refractivity contribution in [2.45, 2.75) is 63.5 Å². The molecule has 1 atom stereocenters. The van der Waals surface area contributed by atoms with Crippen molar-refractivity contribution in [3.05, 3.63) is 35.9 Å². The van der Waals surface area contributed by atoms with Crippen LogP contribution in [0.4, 0.5) is 0 Å². The largest absolute Gasteiger partial charge is 0.293 e. The predicted octanol–water partition coefficient (Wildman–Crippen LogP) is 4.55. The Bertz CT molecular complexity index is 353. The maximum atomic E-state index is 2.83. The Hall–Kier alpha value is -0.820. The third-order valence-electron chi connectivity index (χ3n) is 4.77. The van der Waals surface area contributed by atoms with Gasteiger partial charge in [-0.1, -0.05) is 56.0 Å². The van der Waals surface area contributed by atoms with Gasteiger partial charge in [0.05, 0.1) is 0 Å². The van der Waals surface area contributed by atoms with Crippen LogP contribution in [-0.4, -0.2) is 17.5 Å².